The Balaban J connectivity index is 1.61. The minimum absolute atomic E-state index is 0.0171. The van der Waals surface area contributed by atoms with Gasteiger partial charge in [-0.05, 0) is 37.1 Å². The van der Waals surface area contributed by atoms with Gasteiger partial charge >= 0.3 is 0 Å². The Hall–Kier alpha value is -2.79. The molecule has 4 heterocycles. The molecule has 2 aliphatic heterocycles. The maximum atomic E-state index is 13.2. The highest BCUT2D eigenvalue weighted by molar-refractivity contribution is 6.36. The van der Waals surface area contributed by atoms with Gasteiger partial charge in [0.1, 0.15) is 29.6 Å². The van der Waals surface area contributed by atoms with E-state index in [1.807, 2.05) is 18.2 Å². The normalized spacial score (nSPS) is 20.6. The minimum atomic E-state index is -0.192. The second-order valence-corrected chi connectivity index (χ2v) is 9.97. The lowest BCUT2D eigenvalue weighted by atomic mass is 9.94. The van der Waals surface area contributed by atoms with Crippen molar-refractivity contribution in [3.05, 3.63) is 62.0 Å². The maximum absolute atomic E-state index is 13.2. The Kier molecular flexibility index (Phi) is 6.39. The fourth-order valence-corrected chi connectivity index (χ4v) is 6.22. The third kappa shape index (κ3) is 3.85. The van der Waals surface area contributed by atoms with Gasteiger partial charge in [0.15, 0.2) is 0 Å². The summed E-state index contributed by atoms with van der Waals surface area (Å²) in [7, 11) is 1.71. The number of fused-ring (bicyclic) bond motifs is 5. The first kappa shape index (κ1) is 23.9. The van der Waals surface area contributed by atoms with Gasteiger partial charge in [-0.2, -0.15) is 5.26 Å². The highest BCUT2D eigenvalue weighted by Crippen LogP contribution is 2.43. The lowest BCUT2D eigenvalue weighted by molar-refractivity contribution is 0.0721. The fourth-order valence-electron chi connectivity index (χ4n) is 5.57. The van der Waals surface area contributed by atoms with Crippen molar-refractivity contribution in [2.45, 2.75) is 44.8 Å². The molecule has 1 fully saturated rings. The predicted octanol–water partition coefficient (Wildman–Crippen LogP) is 4.92. The van der Waals surface area contributed by atoms with E-state index in [1.165, 1.54) is 0 Å². The molecule has 0 N–H and O–H groups in total. The molecule has 7 nitrogen and oxygen atoms in total. The van der Waals surface area contributed by atoms with Crippen LogP contribution in [0.5, 0.6) is 5.75 Å². The first-order valence-corrected chi connectivity index (χ1v) is 12.7. The van der Waals surface area contributed by atoms with Crippen LogP contribution in [0.1, 0.15) is 44.0 Å². The number of hydrogen-bond acceptors (Lipinski definition) is 6. The molecule has 1 saturated heterocycles. The average Bonchev–Trinajstić information content (AvgIpc) is 2.87. The van der Waals surface area contributed by atoms with Crippen LogP contribution in [0, 0.1) is 11.3 Å². The Labute approximate surface area is 214 Å². The van der Waals surface area contributed by atoms with Crippen LogP contribution in [0.15, 0.2) is 35.1 Å². The summed E-state index contributed by atoms with van der Waals surface area (Å²) >= 11 is 13.3. The minimum Gasteiger partial charge on any atom is -0.484 e. The summed E-state index contributed by atoms with van der Waals surface area (Å²) in [5.74, 6) is 0.309. The molecule has 2 aromatic heterocycles. The Morgan fingerprint density at radius 2 is 1.94 bits per heavy atom. The SMILES string of the molecule is CCC(c1c(Cl)cccc1Cl)N1C[C@H]2COc3c(c4nc(C#N)ccc4n(C)c3=O)N2C[C@H]1CC. The second-order valence-electron chi connectivity index (χ2n) is 9.15. The molecular weight excluding hydrogens is 485 g/mol. The van der Waals surface area contributed by atoms with Crippen LogP contribution in [0.2, 0.25) is 10.0 Å². The molecule has 0 amide bonds. The zero-order chi connectivity index (χ0) is 24.9. The van der Waals surface area contributed by atoms with Crippen molar-refractivity contribution < 1.29 is 4.74 Å². The van der Waals surface area contributed by atoms with Crippen molar-refractivity contribution >= 4 is 39.9 Å². The molecule has 3 aromatic rings. The van der Waals surface area contributed by atoms with Gasteiger partial charge < -0.3 is 14.2 Å². The number of halogens is 2. The summed E-state index contributed by atoms with van der Waals surface area (Å²) in [5, 5.41) is 10.8. The quantitative estimate of drug-likeness (QED) is 0.494. The van der Waals surface area contributed by atoms with E-state index < -0.39 is 0 Å². The van der Waals surface area contributed by atoms with E-state index in [0.29, 0.717) is 51.4 Å². The summed E-state index contributed by atoms with van der Waals surface area (Å²) in [6.45, 7) is 6.16. The van der Waals surface area contributed by atoms with Gasteiger partial charge in [-0.3, -0.25) is 9.69 Å². The van der Waals surface area contributed by atoms with E-state index in [9.17, 15) is 10.1 Å². The van der Waals surface area contributed by atoms with Crippen molar-refractivity contribution in [1.29, 1.82) is 5.26 Å². The summed E-state index contributed by atoms with van der Waals surface area (Å²) in [4.78, 5) is 22.5. The number of pyridine rings is 2. The third-order valence-corrected chi connectivity index (χ3v) is 7.98. The van der Waals surface area contributed by atoms with Gasteiger partial charge in [-0.15, -0.1) is 0 Å². The zero-order valence-electron chi connectivity index (χ0n) is 20.0. The second kappa shape index (κ2) is 9.34. The zero-order valence-corrected chi connectivity index (χ0v) is 21.5. The van der Waals surface area contributed by atoms with Gasteiger partial charge in [0, 0.05) is 47.8 Å². The number of nitrogens with zero attached hydrogens (tertiary/aromatic N) is 5. The van der Waals surface area contributed by atoms with Crippen LogP contribution in [0.4, 0.5) is 5.69 Å². The van der Waals surface area contributed by atoms with Crippen molar-refractivity contribution in [3.63, 3.8) is 0 Å². The number of ether oxygens (including phenoxy) is 1. The predicted molar refractivity (Wildman–Crippen MR) is 139 cm³/mol. The molecule has 35 heavy (non-hydrogen) atoms. The number of hydrogen-bond donors (Lipinski definition) is 0. The van der Waals surface area contributed by atoms with Gasteiger partial charge in [0.25, 0.3) is 5.56 Å². The monoisotopic (exact) mass is 511 g/mol. The smallest absolute Gasteiger partial charge is 0.295 e. The van der Waals surface area contributed by atoms with Crippen molar-refractivity contribution in [2.75, 3.05) is 24.6 Å². The number of anilines is 1. The molecule has 0 bridgehead atoms. The molecule has 2 aliphatic rings. The summed E-state index contributed by atoms with van der Waals surface area (Å²) < 4.78 is 7.64. The lowest BCUT2D eigenvalue weighted by Crippen LogP contribution is -2.62. The molecule has 9 heteroatoms. The molecule has 5 rings (SSSR count). The van der Waals surface area contributed by atoms with E-state index in [2.05, 4.69) is 34.7 Å². The highest BCUT2D eigenvalue weighted by Gasteiger charge is 2.42. The van der Waals surface area contributed by atoms with Crippen LogP contribution in [-0.4, -0.2) is 46.2 Å². The molecule has 0 radical (unpaired) electrons. The van der Waals surface area contributed by atoms with Crippen molar-refractivity contribution in [1.82, 2.24) is 14.5 Å². The molecule has 0 saturated carbocycles. The van der Waals surface area contributed by atoms with Crippen LogP contribution in [-0.2, 0) is 7.05 Å². The highest BCUT2D eigenvalue weighted by atomic mass is 35.5. The molecular formula is C26H27Cl2N5O2. The molecule has 1 aromatic carbocycles. The Bertz CT molecular complexity index is 1380. The van der Waals surface area contributed by atoms with E-state index in [-0.39, 0.29) is 23.7 Å². The standard InChI is InChI=1S/C26H27Cl2N5O2/c1-4-16-12-33-17(13-32(16)20(5-2)22-18(27)7-6-8-19(22)28)14-35-25-24(33)23-21(31(3)26(25)34)10-9-15(11-29)30-23/h6-10,16-17,20H,4-5,12-14H2,1-3H3/t16-,17+,20?/m1/s1. The number of aromatic nitrogens is 2. The molecule has 3 atom stereocenters. The third-order valence-electron chi connectivity index (χ3n) is 7.33. The maximum Gasteiger partial charge on any atom is 0.295 e. The Morgan fingerprint density at radius 1 is 1.20 bits per heavy atom. The molecule has 0 spiro atoms. The van der Waals surface area contributed by atoms with Crippen LogP contribution >= 0.6 is 23.2 Å². The lowest BCUT2D eigenvalue weighted by Gasteiger charge is -2.51. The largest absolute Gasteiger partial charge is 0.484 e. The molecule has 0 aliphatic carbocycles. The molecule has 182 valence electrons. The van der Waals surface area contributed by atoms with Gasteiger partial charge in [-0.25, -0.2) is 4.98 Å². The number of rotatable bonds is 4. The van der Waals surface area contributed by atoms with E-state index in [1.54, 1.807) is 23.7 Å². The first-order valence-electron chi connectivity index (χ1n) is 11.9. The van der Waals surface area contributed by atoms with Gasteiger partial charge in [0.2, 0.25) is 5.75 Å². The van der Waals surface area contributed by atoms with Gasteiger partial charge in [0.05, 0.1) is 11.6 Å². The average molecular weight is 512 g/mol. The number of piperazine rings is 1. The van der Waals surface area contributed by atoms with Crippen LogP contribution < -0.4 is 15.2 Å². The fraction of sp³-hybridized carbons (Fsp3) is 0.423. The molecule has 1 unspecified atom stereocenters. The number of nitriles is 1. The number of benzene rings is 1. The van der Waals surface area contributed by atoms with Gasteiger partial charge in [-0.1, -0.05) is 43.1 Å². The number of aryl methyl sites for hydroxylation is 1. The first-order chi connectivity index (χ1) is 16.9. The summed E-state index contributed by atoms with van der Waals surface area (Å²) in [6.07, 6.45) is 1.78. The topological polar surface area (TPSA) is 74.4 Å². The van der Waals surface area contributed by atoms with E-state index in [0.717, 1.165) is 24.9 Å². The van der Waals surface area contributed by atoms with Crippen LogP contribution in [0.3, 0.4) is 0 Å². The van der Waals surface area contributed by atoms with Crippen molar-refractivity contribution in [2.24, 2.45) is 7.05 Å². The summed E-state index contributed by atoms with van der Waals surface area (Å²) in [5.41, 5.74) is 3.07. The Morgan fingerprint density at radius 3 is 2.60 bits per heavy atom. The summed E-state index contributed by atoms with van der Waals surface area (Å²) in [6, 6.07) is 11.5. The van der Waals surface area contributed by atoms with Crippen molar-refractivity contribution in [3.8, 4) is 11.8 Å². The van der Waals surface area contributed by atoms with E-state index >= 15 is 0 Å². The van der Waals surface area contributed by atoms with Crippen LogP contribution in [0.25, 0.3) is 11.0 Å². The van der Waals surface area contributed by atoms with E-state index in [4.69, 9.17) is 27.9 Å².